The summed E-state index contributed by atoms with van der Waals surface area (Å²) in [6.07, 6.45) is 2.09. The van der Waals surface area contributed by atoms with Crippen LogP contribution in [-0.4, -0.2) is 84.5 Å². The van der Waals surface area contributed by atoms with Gasteiger partial charge in [-0.2, -0.15) is 0 Å². The van der Waals surface area contributed by atoms with Crippen molar-refractivity contribution in [1.29, 1.82) is 0 Å². The number of ether oxygens (including phenoxy) is 2. The molecule has 2 saturated heterocycles. The molecule has 1 aromatic heterocycles. The number of furan rings is 1. The Kier molecular flexibility index (Phi) is 7.75. The molecule has 2 atom stereocenters. The lowest BCUT2D eigenvalue weighted by Gasteiger charge is -2.33. The van der Waals surface area contributed by atoms with Gasteiger partial charge in [-0.25, -0.2) is 0 Å². The number of hydrogen-bond acceptors (Lipinski definition) is 7. The molecule has 3 aliphatic rings. The predicted octanol–water partition coefficient (Wildman–Crippen LogP) is 3.08. The molecule has 2 unspecified atom stereocenters. The molecule has 6 rings (SSSR count). The van der Waals surface area contributed by atoms with Crippen LogP contribution in [0, 0.1) is 6.92 Å². The number of carbonyl (C=O) groups is 2. The molecule has 0 aliphatic carbocycles. The number of carbonyl (C=O) groups excluding carboxylic acids is 2. The number of hydrogen-bond donors (Lipinski definition) is 1. The maximum atomic E-state index is 13.9. The SMILES string of the molecule is Cc1cccc(CN(C(=O)c2ccco2)C2CC(C(=O)N3CCNCC3)N(Cc3ccc4c(c3)OCCO4)C2)c1. The van der Waals surface area contributed by atoms with E-state index in [0.29, 0.717) is 58.1 Å². The lowest BCUT2D eigenvalue weighted by atomic mass is 10.1. The number of aryl methyl sites for hydroxylation is 1. The lowest BCUT2D eigenvalue weighted by Crippen LogP contribution is -2.52. The summed E-state index contributed by atoms with van der Waals surface area (Å²) in [4.78, 5) is 33.7. The molecule has 210 valence electrons. The van der Waals surface area contributed by atoms with Crippen LogP contribution < -0.4 is 14.8 Å². The summed E-state index contributed by atoms with van der Waals surface area (Å²) in [5.74, 6) is 1.76. The highest BCUT2D eigenvalue weighted by Crippen LogP contribution is 2.33. The normalized spacial score (nSPS) is 20.9. The van der Waals surface area contributed by atoms with E-state index in [1.807, 2.05) is 40.1 Å². The van der Waals surface area contributed by atoms with Crippen LogP contribution >= 0.6 is 0 Å². The molecule has 9 nitrogen and oxygen atoms in total. The summed E-state index contributed by atoms with van der Waals surface area (Å²) >= 11 is 0. The van der Waals surface area contributed by atoms with Crippen LogP contribution in [0.3, 0.4) is 0 Å². The molecule has 40 heavy (non-hydrogen) atoms. The van der Waals surface area contributed by atoms with Crippen LogP contribution in [-0.2, 0) is 17.9 Å². The van der Waals surface area contributed by atoms with Crippen LogP contribution in [0.2, 0.25) is 0 Å². The minimum Gasteiger partial charge on any atom is -0.486 e. The van der Waals surface area contributed by atoms with Crippen LogP contribution in [0.25, 0.3) is 0 Å². The summed E-state index contributed by atoms with van der Waals surface area (Å²) in [6.45, 7) is 7.68. The maximum absolute atomic E-state index is 13.9. The van der Waals surface area contributed by atoms with Crippen molar-refractivity contribution in [3.05, 3.63) is 83.3 Å². The van der Waals surface area contributed by atoms with Gasteiger partial charge in [0.2, 0.25) is 5.91 Å². The first-order chi connectivity index (χ1) is 19.5. The van der Waals surface area contributed by atoms with Gasteiger partial charge in [-0.15, -0.1) is 0 Å². The number of benzene rings is 2. The van der Waals surface area contributed by atoms with E-state index in [1.54, 1.807) is 12.1 Å². The second-order valence-corrected chi connectivity index (χ2v) is 10.8. The van der Waals surface area contributed by atoms with Crippen molar-refractivity contribution in [2.45, 2.75) is 38.5 Å². The van der Waals surface area contributed by atoms with Gasteiger partial charge in [-0.05, 0) is 48.7 Å². The Bertz CT molecular complexity index is 1340. The summed E-state index contributed by atoms with van der Waals surface area (Å²) in [6, 6.07) is 17.1. The predicted molar refractivity (Wildman–Crippen MR) is 149 cm³/mol. The maximum Gasteiger partial charge on any atom is 0.290 e. The monoisotopic (exact) mass is 544 g/mol. The largest absolute Gasteiger partial charge is 0.486 e. The van der Waals surface area contributed by atoms with Crippen molar-refractivity contribution in [3.8, 4) is 11.5 Å². The van der Waals surface area contributed by atoms with Gasteiger partial charge in [0.25, 0.3) is 5.91 Å². The second-order valence-electron chi connectivity index (χ2n) is 10.8. The van der Waals surface area contributed by atoms with E-state index in [0.717, 1.165) is 41.3 Å². The number of rotatable bonds is 7. The van der Waals surface area contributed by atoms with Crippen molar-refractivity contribution in [2.75, 3.05) is 45.9 Å². The van der Waals surface area contributed by atoms with Crippen LogP contribution in [0.15, 0.2) is 65.3 Å². The molecule has 2 fully saturated rings. The van der Waals surface area contributed by atoms with E-state index in [9.17, 15) is 9.59 Å². The fraction of sp³-hybridized carbons (Fsp3) is 0.419. The van der Waals surface area contributed by atoms with Gasteiger partial charge in [0.05, 0.1) is 12.3 Å². The zero-order valence-electron chi connectivity index (χ0n) is 22.9. The van der Waals surface area contributed by atoms with Crippen LogP contribution in [0.4, 0.5) is 0 Å². The van der Waals surface area contributed by atoms with Gasteiger partial charge >= 0.3 is 0 Å². The Labute approximate surface area is 234 Å². The van der Waals surface area contributed by atoms with E-state index in [4.69, 9.17) is 13.9 Å². The number of amides is 2. The quantitative estimate of drug-likeness (QED) is 0.489. The van der Waals surface area contributed by atoms with E-state index in [2.05, 4.69) is 29.3 Å². The number of fused-ring (bicyclic) bond motifs is 1. The third-order valence-electron chi connectivity index (χ3n) is 7.96. The molecule has 2 amide bonds. The molecule has 0 saturated carbocycles. The standard InChI is InChI=1S/C31H36N4O5/c1-22-4-2-5-23(16-22)20-35(31(37)28-6-3-13-38-28)25-18-26(30(36)33-11-9-32-10-12-33)34(21-25)19-24-7-8-27-29(17-24)40-15-14-39-27/h2-8,13,16-17,25-26,32H,9-12,14-15,18-21H2,1H3. The van der Waals surface area contributed by atoms with E-state index < -0.39 is 0 Å². The highest BCUT2D eigenvalue weighted by atomic mass is 16.6. The zero-order chi connectivity index (χ0) is 27.5. The Hall–Kier alpha value is -3.82. The van der Waals surface area contributed by atoms with Crippen molar-refractivity contribution >= 4 is 11.8 Å². The number of likely N-dealkylation sites (tertiary alicyclic amines) is 1. The summed E-state index contributed by atoms with van der Waals surface area (Å²) < 4.78 is 17.1. The van der Waals surface area contributed by atoms with Crippen molar-refractivity contribution < 1.29 is 23.5 Å². The molecular formula is C31H36N4O5. The number of nitrogens with one attached hydrogen (secondary N) is 1. The van der Waals surface area contributed by atoms with Gasteiger partial charge in [0, 0.05) is 51.9 Å². The van der Waals surface area contributed by atoms with Gasteiger partial charge < -0.3 is 29.0 Å². The molecule has 2 aromatic carbocycles. The van der Waals surface area contributed by atoms with Gasteiger partial charge in [-0.1, -0.05) is 35.9 Å². The second kappa shape index (κ2) is 11.7. The topological polar surface area (TPSA) is 87.5 Å². The number of nitrogens with zero attached hydrogens (tertiary/aromatic N) is 3. The fourth-order valence-corrected chi connectivity index (χ4v) is 5.97. The zero-order valence-corrected chi connectivity index (χ0v) is 22.9. The highest BCUT2D eigenvalue weighted by Gasteiger charge is 2.43. The van der Waals surface area contributed by atoms with E-state index in [1.165, 1.54) is 6.26 Å². The Balaban J connectivity index is 1.29. The summed E-state index contributed by atoms with van der Waals surface area (Å²) in [5.41, 5.74) is 3.24. The van der Waals surface area contributed by atoms with Crippen LogP contribution in [0.1, 0.15) is 33.7 Å². The molecule has 3 aromatic rings. The molecule has 0 bridgehead atoms. The first-order valence-corrected chi connectivity index (χ1v) is 14.1. The van der Waals surface area contributed by atoms with E-state index >= 15 is 0 Å². The summed E-state index contributed by atoms with van der Waals surface area (Å²) in [7, 11) is 0. The molecular weight excluding hydrogens is 508 g/mol. The Morgan fingerprint density at radius 3 is 2.58 bits per heavy atom. The average Bonchev–Trinajstić information content (AvgIpc) is 3.67. The highest BCUT2D eigenvalue weighted by molar-refractivity contribution is 5.92. The molecule has 9 heteroatoms. The molecule has 3 aliphatic heterocycles. The van der Waals surface area contributed by atoms with E-state index in [-0.39, 0.29) is 23.9 Å². The summed E-state index contributed by atoms with van der Waals surface area (Å²) in [5, 5.41) is 3.33. The van der Waals surface area contributed by atoms with Crippen LogP contribution in [0.5, 0.6) is 11.5 Å². The Morgan fingerprint density at radius 1 is 0.975 bits per heavy atom. The first-order valence-electron chi connectivity index (χ1n) is 14.1. The third-order valence-corrected chi connectivity index (χ3v) is 7.96. The molecule has 1 N–H and O–H groups in total. The minimum atomic E-state index is -0.333. The number of piperazine rings is 1. The molecule has 4 heterocycles. The smallest absolute Gasteiger partial charge is 0.290 e. The van der Waals surface area contributed by atoms with Gasteiger partial charge in [0.15, 0.2) is 17.3 Å². The fourth-order valence-electron chi connectivity index (χ4n) is 5.97. The third kappa shape index (κ3) is 5.71. The van der Waals surface area contributed by atoms with Crippen molar-refractivity contribution in [2.24, 2.45) is 0 Å². The van der Waals surface area contributed by atoms with Crippen molar-refractivity contribution in [1.82, 2.24) is 20.0 Å². The van der Waals surface area contributed by atoms with Gasteiger partial charge in [0.1, 0.15) is 13.2 Å². The first kappa shape index (κ1) is 26.4. The van der Waals surface area contributed by atoms with Gasteiger partial charge in [-0.3, -0.25) is 14.5 Å². The molecule has 0 radical (unpaired) electrons. The average molecular weight is 545 g/mol. The Morgan fingerprint density at radius 2 is 1.80 bits per heavy atom. The molecule has 0 spiro atoms. The lowest BCUT2D eigenvalue weighted by molar-refractivity contribution is -0.136. The minimum absolute atomic E-state index is 0.127. The van der Waals surface area contributed by atoms with Crippen molar-refractivity contribution in [3.63, 3.8) is 0 Å².